The van der Waals surface area contributed by atoms with E-state index in [-0.39, 0.29) is 23.6 Å². The van der Waals surface area contributed by atoms with Crippen LogP contribution in [-0.4, -0.2) is 20.9 Å². The molecule has 0 aliphatic heterocycles. The fourth-order valence-electron chi connectivity index (χ4n) is 6.30. The number of anilines is 1. The molecule has 2 bridgehead atoms. The summed E-state index contributed by atoms with van der Waals surface area (Å²) in [5, 5.41) is 4.38. The van der Waals surface area contributed by atoms with E-state index in [0.29, 0.717) is 17.8 Å². The maximum absolute atomic E-state index is 14.3. The molecule has 3 unspecified atom stereocenters. The number of hydrogen-bond donors (Lipinski definition) is 2. The van der Waals surface area contributed by atoms with E-state index in [2.05, 4.69) is 39.6 Å². The van der Waals surface area contributed by atoms with Crippen molar-refractivity contribution < 1.29 is 9.18 Å². The topological polar surface area (TPSA) is 70.7 Å². The first-order chi connectivity index (χ1) is 17.5. The van der Waals surface area contributed by atoms with Crippen molar-refractivity contribution in [3.63, 3.8) is 0 Å². The third-order valence-corrected chi connectivity index (χ3v) is 7.95. The van der Waals surface area contributed by atoms with Gasteiger partial charge in [0.25, 0.3) is 0 Å². The number of carbonyl (C=O) groups is 1. The summed E-state index contributed by atoms with van der Waals surface area (Å²) in [6.07, 6.45) is 4.20. The summed E-state index contributed by atoms with van der Waals surface area (Å²) in [5.41, 5.74) is 5.56. The van der Waals surface area contributed by atoms with Gasteiger partial charge in [-0.3, -0.25) is 15.1 Å². The lowest BCUT2D eigenvalue weighted by atomic mass is 9.53. The summed E-state index contributed by atoms with van der Waals surface area (Å²) in [6.45, 7) is 2.04. The average Bonchev–Trinajstić information content (AvgIpc) is 3.37. The van der Waals surface area contributed by atoms with Gasteiger partial charge in [-0.1, -0.05) is 54.6 Å². The maximum atomic E-state index is 14.3. The molecule has 3 aliphatic carbocycles. The number of fused-ring (bicyclic) bond motifs is 2. The SMILES string of the molecule is CC1(C(=O)Nc2ncc(-c3ccc(F)c4ccccc34)[nH]2)CC2c3ccccc3C1c1cccnc12. The number of benzene rings is 3. The quantitative estimate of drug-likeness (QED) is 0.318. The molecule has 2 N–H and O–H groups in total. The van der Waals surface area contributed by atoms with Gasteiger partial charge in [-0.15, -0.1) is 0 Å². The number of hydrogen-bond acceptors (Lipinski definition) is 3. The van der Waals surface area contributed by atoms with Gasteiger partial charge in [0.1, 0.15) is 5.82 Å². The van der Waals surface area contributed by atoms with Crippen LogP contribution in [0.5, 0.6) is 0 Å². The highest BCUT2D eigenvalue weighted by Crippen LogP contribution is 2.60. The number of nitrogens with one attached hydrogen (secondary N) is 2. The Morgan fingerprint density at radius 3 is 2.56 bits per heavy atom. The Bertz CT molecular complexity index is 1630. The summed E-state index contributed by atoms with van der Waals surface area (Å²) in [4.78, 5) is 26.2. The smallest absolute Gasteiger partial charge is 0.233 e. The second-order valence-electron chi connectivity index (χ2n) is 9.95. The zero-order chi connectivity index (χ0) is 24.4. The first kappa shape index (κ1) is 21.0. The van der Waals surface area contributed by atoms with E-state index >= 15 is 0 Å². The standard InChI is InChI=1S/C30H23FN4O/c1-30(15-23-18-8-3-5-10-21(18)26(30)22-11-6-14-32-27(22)23)28(36)35-29-33-16-25(34-29)20-12-13-24(31)19-9-4-2-7-17(19)20/h2-14,16,23,26H,15H2,1H3,(H2,33,34,35,36). The molecule has 1 amide bonds. The van der Waals surface area contributed by atoms with Gasteiger partial charge < -0.3 is 4.98 Å². The zero-order valence-electron chi connectivity index (χ0n) is 19.6. The van der Waals surface area contributed by atoms with Crippen molar-refractivity contribution in [2.24, 2.45) is 5.41 Å². The maximum Gasteiger partial charge on any atom is 0.233 e. The Morgan fingerprint density at radius 1 is 0.944 bits per heavy atom. The van der Waals surface area contributed by atoms with Crippen LogP contribution in [-0.2, 0) is 4.79 Å². The summed E-state index contributed by atoms with van der Waals surface area (Å²) >= 11 is 0. The molecule has 5 aromatic rings. The van der Waals surface area contributed by atoms with E-state index in [1.54, 1.807) is 18.3 Å². The molecule has 3 aliphatic rings. The van der Waals surface area contributed by atoms with Crippen LogP contribution >= 0.6 is 0 Å². The van der Waals surface area contributed by atoms with Gasteiger partial charge in [-0.05, 0) is 53.6 Å². The highest BCUT2D eigenvalue weighted by molar-refractivity contribution is 5.98. The average molecular weight is 475 g/mol. The lowest BCUT2D eigenvalue weighted by Crippen LogP contribution is -2.47. The third kappa shape index (κ3) is 2.90. The van der Waals surface area contributed by atoms with E-state index in [1.807, 2.05) is 43.5 Å². The molecule has 6 heteroatoms. The summed E-state index contributed by atoms with van der Waals surface area (Å²) < 4.78 is 14.3. The summed E-state index contributed by atoms with van der Waals surface area (Å²) in [6, 6.07) is 23.0. The number of aromatic nitrogens is 3. The molecule has 0 spiro atoms. The van der Waals surface area contributed by atoms with Gasteiger partial charge >= 0.3 is 0 Å². The zero-order valence-corrected chi connectivity index (χ0v) is 19.6. The van der Waals surface area contributed by atoms with Gasteiger partial charge in [-0.25, -0.2) is 9.37 Å². The van der Waals surface area contributed by atoms with E-state index in [4.69, 9.17) is 4.98 Å². The number of nitrogens with zero attached hydrogens (tertiary/aromatic N) is 2. The van der Waals surface area contributed by atoms with Crippen LogP contribution in [0.2, 0.25) is 0 Å². The van der Waals surface area contributed by atoms with Crippen molar-refractivity contribution in [2.45, 2.75) is 25.2 Å². The van der Waals surface area contributed by atoms with Gasteiger partial charge in [0.15, 0.2) is 0 Å². The molecule has 0 saturated carbocycles. The molecule has 0 radical (unpaired) electrons. The first-order valence-electron chi connectivity index (χ1n) is 12.1. The molecular formula is C30H23FN4O. The van der Waals surface area contributed by atoms with E-state index in [9.17, 15) is 9.18 Å². The highest BCUT2D eigenvalue weighted by Gasteiger charge is 2.54. The lowest BCUT2D eigenvalue weighted by Gasteiger charge is -2.50. The van der Waals surface area contributed by atoms with Crippen LogP contribution < -0.4 is 5.32 Å². The fraction of sp³-hybridized carbons (Fsp3) is 0.167. The number of halogens is 1. The van der Waals surface area contributed by atoms with Crippen molar-refractivity contribution in [3.8, 4) is 11.3 Å². The summed E-state index contributed by atoms with van der Waals surface area (Å²) in [7, 11) is 0. The monoisotopic (exact) mass is 474 g/mol. The van der Waals surface area contributed by atoms with Crippen LogP contribution in [0.25, 0.3) is 22.0 Å². The molecule has 0 saturated heterocycles. The Balaban J connectivity index is 1.24. The fourth-order valence-corrected chi connectivity index (χ4v) is 6.30. The summed E-state index contributed by atoms with van der Waals surface area (Å²) in [5.74, 6) is 0.0311. The van der Waals surface area contributed by atoms with E-state index in [0.717, 1.165) is 27.9 Å². The molecular weight excluding hydrogens is 451 g/mol. The van der Waals surface area contributed by atoms with Crippen molar-refractivity contribution in [1.82, 2.24) is 15.0 Å². The largest absolute Gasteiger partial charge is 0.324 e. The number of rotatable bonds is 3. The molecule has 0 fully saturated rings. The van der Waals surface area contributed by atoms with Gasteiger partial charge in [0.05, 0.1) is 23.0 Å². The van der Waals surface area contributed by atoms with Crippen LogP contribution in [0.15, 0.2) is 85.2 Å². The number of imidazole rings is 1. The van der Waals surface area contributed by atoms with Gasteiger partial charge in [0, 0.05) is 29.0 Å². The van der Waals surface area contributed by atoms with E-state index < -0.39 is 5.41 Å². The van der Waals surface area contributed by atoms with E-state index in [1.165, 1.54) is 17.2 Å². The third-order valence-electron chi connectivity index (χ3n) is 7.95. The molecule has 8 rings (SSSR count). The number of H-pyrrole nitrogens is 1. The minimum Gasteiger partial charge on any atom is -0.324 e. The lowest BCUT2D eigenvalue weighted by molar-refractivity contribution is -0.126. The highest BCUT2D eigenvalue weighted by atomic mass is 19.1. The van der Waals surface area contributed by atoms with Crippen molar-refractivity contribution >= 4 is 22.6 Å². The van der Waals surface area contributed by atoms with Crippen molar-refractivity contribution in [3.05, 3.63) is 113 Å². The number of pyridine rings is 1. The number of carbonyl (C=O) groups excluding carboxylic acids is 1. The predicted molar refractivity (Wildman–Crippen MR) is 137 cm³/mol. The predicted octanol–water partition coefficient (Wildman–Crippen LogP) is 6.39. The molecule has 3 aromatic carbocycles. The normalized spacial score (nSPS) is 21.7. The Hall–Kier alpha value is -4.32. The van der Waals surface area contributed by atoms with Crippen molar-refractivity contribution in [2.75, 3.05) is 5.32 Å². The molecule has 36 heavy (non-hydrogen) atoms. The number of amides is 1. The molecule has 2 aromatic heterocycles. The Kier molecular flexibility index (Phi) is 4.43. The second kappa shape index (κ2) is 7.59. The minimum atomic E-state index is -0.662. The van der Waals surface area contributed by atoms with Crippen LogP contribution in [0.4, 0.5) is 10.3 Å². The second-order valence-corrected chi connectivity index (χ2v) is 9.95. The minimum absolute atomic E-state index is 0.0774. The first-order valence-corrected chi connectivity index (χ1v) is 12.1. The molecule has 3 atom stereocenters. The van der Waals surface area contributed by atoms with Crippen molar-refractivity contribution in [1.29, 1.82) is 0 Å². The van der Waals surface area contributed by atoms with Crippen LogP contribution in [0, 0.1) is 11.2 Å². The molecule has 176 valence electrons. The molecule has 2 heterocycles. The Morgan fingerprint density at radius 2 is 1.69 bits per heavy atom. The van der Waals surface area contributed by atoms with Crippen LogP contribution in [0.3, 0.4) is 0 Å². The molecule has 5 nitrogen and oxygen atoms in total. The Labute approximate surface area is 207 Å². The van der Waals surface area contributed by atoms with Gasteiger partial charge in [-0.2, -0.15) is 0 Å². The van der Waals surface area contributed by atoms with Crippen LogP contribution in [0.1, 0.15) is 47.6 Å². The van der Waals surface area contributed by atoms with Gasteiger partial charge in [0.2, 0.25) is 11.9 Å². The number of aromatic amines is 1.